The average molecular weight is 1230 g/mol. The summed E-state index contributed by atoms with van der Waals surface area (Å²) in [7, 11) is 0. The van der Waals surface area contributed by atoms with Crippen LogP contribution in [0.15, 0.2) is 36.5 Å². The molecule has 15 heteroatoms. The molecule has 0 radical (unpaired) electrons. The van der Waals surface area contributed by atoms with Crippen molar-refractivity contribution in [2.24, 2.45) is 0 Å². The van der Waals surface area contributed by atoms with Gasteiger partial charge in [-0.05, 0) is 159 Å². The van der Waals surface area contributed by atoms with Gasteiger partial charge in [0, 0.05) is 0 Å². The van der Waals surface area contributed by atoms with Crippen molar-refractivity contribution < 1.29 is 57.2 Å². The number of nitrogens with one attached hydrogen (secondary N) is 3. The Kier molecular flexibility index (Phi) is 50.5. The van der Waals surface area contributed by atoms with Crippen molar-refractivity contribution in [1.82, 2.24) is 16.0 Å². The highest BCUT2D eigenvalue weighted by Gasteiger charge is 2.32. The van der Waals surface area contributed by atoms with E-state index in [-0.39, 0.29) is 19.3 Å². The van der Waals surface area contributed by atoms with Crippen LogP contribution in [0.3, 0.4) is 0 Å². The molecule has 87 heavy (non-hydrogen) atoms. The summed E-state index contributed by atoms with van der Waals surface area (Å²) in [6.45, 7) is 21.2. The normalized spacial score (nSPS) is 13.5. The predicted octanol–water partition coefficient (Wildman–Crippen LogP) is 19.6. The minimum atomic E-state index is -1.36. The van der Waals surface area contributed by atoms with E-state index in [1.807, 2.05) is 0 Å². The SMILES string of the molecule is CCCCCCCC/C=C\CCCCCC[C@H](NC(=O)OC(C)(C)C)C(=O)OCC(COC(=O)[C@@H](CCCCCC/C=C\CCCCCCCC)NC(=O)OC(C)(C)C)OC(=O)[C@H](CCCCCC/C=C\CCCCCCCC)NC(=O)OC(C)(C)C. The second-order valence-corrected chi connectivity index (χ2v) is 27.0. The Balaban J connectivity index is 6.40. The van der Waals surface area contributed by atoms with E-state index in [4.69, 9.17) is 28.4 Å². The van der Waals surface area contributed by atoms with Gasteiger partial charge in [-0.1, -0.05) is 211 Å². The molecular weight excluding hydrogens is 1100 g/mol. The maximum Gasteiger partial charge on any atom is 0.408 e. The fourth-order valence-corrected chi connectivity index (χ4v) is 9.74. The molecule has 0 aromatic heterocycles. The van der Waals surface area contributed by atoms with Crippen LogP contribution in [0.1, 0.15) is 333 Å². The Bertz CT molecular complexity index is 1760. The number of carbonyl (C=O) groups excluding carboxylic acids is 6. The van der Waals surface area contributed by atoms with Gasteiger partial charge in [0.25, 0.3) is 0 Å². The second-order valence-electron chi connectivity index (χ2n) is 27.0. The van der Waals surface area contributed by atoms with Crippen LogP contribution in [0.4, 0.5) is 14.4 Å². The minimum absolute atomic E-state index is 0.229. The minimum Gasteiger partial charge on any atom is -0.460 e. The van der Waals surface area contributed by atoms with Crippen molar-refractivity contribution in [3.63, 3.8) is 0 Å². The highest BCUT2D eigenvalue weighted by atomic mass is 16.6. The number of rotatable bonds is 53. The lowest BCUT2D eigenvalue weighted by Crippen LogP contribution is -2.48. The molecule has 3 N–H and O–H groups in total. The van der Waals surface area contributed by atoms with Crippen molar-refractivity contribution in [2.45, 2.75) is 375 Å². The van der Waals surface area contributed by atoms with Crippen LogP contribution in [-0.4, -0.2) is 90.4 Å². The Morgan fingerprint density at radius 3 is 0.770 bits per heavy atom. The molecule has 0 aliphatic heterocycles. The number of carbonyl (C=O) groups is 6. The van der Waals surface area contributed by atoms with Crippen molar-refractivity contribution in [2.75, 3.05) is 13.2 Å². The zero-order chi connectivity index (χ0) is 64.9. The van der Waals surface area contributed by atoms with E-state index in [1.54, 1.807) is 62.3 Å². The van der Waals surface area contributed by atoms with E-state index in [0.717, 1.165) is 96.3 Å². The molecule has 506 valence electrons. The lowest BCUT2D eigenvalue weighted by molar-refractivity contribution is -0.169. The number of hydrogen-bond donors (Lipinski definition) is 3. The number of hydrogen-bond acceptors (Lipinski definition) is 12. The van der Waals surface area contributed by atoms with Crippen molar-refractivity contribution in [1.29, 1.82) is 0 Å². The number of unbranched alkanes of at least 4 members (excludes halogenated alkanes) is 30. The summed E-state index contributed by atoms with van der Waals surface area (Å²) in [5.41, 5.74) is -2.52. The summed E-state index contributed by atoms with van der Waals surface area (Å²) >= 11 is 0. The molecule has 0 spiro atoms. The summed E-state index contributed by atoms with van der Waals surface area (Å²) in [6, 6.07) is -3.35. The van der Waals surface area contributed by atoms with E-state index in [9.17, 15) is 28.8 Å². The third kappa shape index (κ3) is 55.3. The van der Waals surface area contributed by atoms with Crippen LogP contribution < -0.4 is 16.0 Å². The second kappa shape index (κ2) is 53.3. The number of ether oxygens (including phenoxy) is 6. The zero-order valence-electron chi connectivity index (χ0n) is 57.7. The van der Waals surface area contributed by atoms with Crippen LogP contribution in [0, 0.1) is 0 Å². The molecule has 0 saturated heterocycles. The van der Waals surface area contributed by atoms with Gasteiger partial charge in [-0.2, -0.15) is 0 Å². The van der Waals surface area contributed by atoms with Gasteiger partial charge in [0.2, 0.25) is 0 Å². The largest absolute Gasteiger partial charge is 0.460 e. The highest BCUT2D eigenvalue weighted by Crippen LogP contribution is 2.18. The fraction of sp³-hybridized carbons (Fsp3) is 0.833. The molecule has 0 fully saturated rings. The first-order valence-corrected chi connectivity index (χ1v) is 35.0. The standard InChI is InChI=1S/C72H131N3O12/c1-13-16-19-22-25-28-31-34-37-40-43-46-49-52-55-61(73-67(79)85-70(4,5)6)64(76)82-58-60(84-66(78)63(75-69(81)87-72(10,11)12)57-54-51-48-45-42-39-36-33-30-27-24-21-18-15-3)59-83-65(77)62(74-68(80)86-71(7,8)9)56-53-50-47-44-41-38-35-32-29-26-23-20-17-14-2/h34-39,60-63H,13-33,40-59H2,1-12H3,(H,73,79)(H,74,80)(H,75,81)/b37-34-,38-35-,39-36-/t60?,61-,62+,63-/m0/s1. The topological polar surface area (TPSA) is 194 Å². The van der Waals surface area contributed by atoms with Gasteiger partial charge < -0.3 is 44.4 Å². The molecule has 0 aliphatic rings. The summed E-state index contributed by atoms with van der Waals surface area (Å²) in [5, 5.41) is 8.09. The Labute approximate surface area is 531 Å². The van der Waals surface area contributed by atoms with E-state index in [0.29, 0.717) is 19.3 Å². The molecule has 0 saturated carbocycles. The lowest BCUT2D eigenvalue weighted by atomic mass is 10.1. The number of esters is 3. The van der Waals surface area contributed by atoms with Gasteiger partial charge in [-0.15, -0.1) is 0 Å². The van der Waals surface area contributed by atoms with E-state index >= 15 is 0 Å². The first-order chi connectivity index (χ1) is 41.5. The van der Waals surface area contributed by atoms with Gasteiger partial charge in [0.15, 0.2) is 6.10 Å². The van der Waals surface area contributed by atoms with Gasteiger partial charge in [-0.3, -0.25) is 0 Å². The van der Waals surface area contributed by atoms with E-state index in [2.05, 4.69) is 73.2 Å². The number of amides is 3. The van der Waals surface area contributed by atoms with Crippen molar-refractivity contribution in [3.8, 4) is 0 Å². The monoisotopic (exact) mass is 1230 g/mol. The van der Waals surface area contributed by atoms with Gasteiger partial charge in [0.05, 0.1) is 0 Å². The smallest absolute Gasteiger partial charge is 0.408 e. The molecule has 3 amide bonds. The van der Waals surface area contributed by atoms with Crippen LogP contribution >= 0.6 is 0 Å². The highest BCUT2D eigenvalue weighted by molar-refractivity contribution is 5.83. The van der Waals surface area contributed by atoms with Crippen LogP contribution in [0.25, 0.3) is 0 Å². The molecule has 0 rings (SSSR count). The number of alkyl carbamates (subject to hydrolysis) is 3. The van der Waals surface area contributed by atoms with Crippen LogP contribution in [-0.2, 0) is 42.8 Å². The van der Waals surface area contributed by atoms with Crippen LogP contribution in [0.2, 0.25) is 0 Å². The molecule has 0 bridgehead atoms. The summed E-state index contributed by atoms with van der Waals surface area (Å²) in [5.74, 6) is -2.41. The van der Waals surface area contributed by atoms with Crippen molar-refractivity contribution >= 4 is 36.2 Å². The molecule has 4 atom stereocenters. The van der Waals surface area contributed by atoms with Gasteiger partial charge in [0.1, 0.15) is 48.1 Å². The Hall–Kier alpha value is -4.56. The maximum absolute atomic E-state index is 14.3. The summed E-state index contributed by atoms with van der Waals surface area (Å²) < 4.78 is 34.4. The Morgan fingerprint density at radius 2 is 0.529 bits per heavy atom. The third-order valence-electron chi connectivity index (χ3n) is 14.5. The van der Waals surface area contributed by atoms with Crippen LogP contribution in [0.5, 0.6) is 0 Å². The van der Waals surface area contributed by atoms with Gasteiger partial charge >= 0.3 is 36.2 Å². The first-order valence-electron chi connectivity index (χ1n) is 35.0. The predicted molar refractivity (Wildman–Crippen MR) is 356 cm³/mol. The molecular formula is C72H131N3O12. The van der Waals surface area contributed by atoms with E-state index in [1.165, 1.54) is 116 Å². The first kappa shape index (κ1) is 82.4. The molecule has 15 nitrogen and oxygen atoms in total. The Morgan fingerprint density at radius 1 is 0.310 bits per heavy atom. The number of allylic oxidation sites excluding steroid dienone is 6. The molecule has 0 aromatic carbocycles. The third-order valence-corrected chi connectivity index (χ3v) is 14.5. The molecule has 1 unspecified atom stereocenters. The quantitative estimate of drug-likeness (QED) is 0.0226. The van der Waals surface area contributed by atoms with Crippen molar-refractivity contribution in [3.05, 3.63) is 36.5 Å². The molecule has 0 aromatic rings. The van der Waals surface area contributed by atoms with E-state index < -0.39 is 90.4 Å². The lowest BCUT2D eigenvalue weighted by Gasteiger charge is -2.26. The fourth-order valence-electron chi connectivity index (χ4n) is 9.74. The molecule has 0 heterocycles. The average Bonchev–Trinajstić information content (AvgIpc) is 3.47. The summed E-state index contributed by atoms with van der Waals surface area (Å²) in [4.78, 5) is 82.0. The zero-order valence-corrected chi connectivity index (χ0v) is 57.7. The molecule has 0 aliphatic carbocycles. The van der Waals surface area contributed by atoms with Gasteiger partial charge in [-0.25, -0.2) is 28.8 Å². The summed E-state index contributed by atoms with van der Waals surface area (Å²) in [6.07, 6.45) is 49.8. The maximum atomic E-state index is 14.3.